The highest BCUT2D eigenvalue weighted by Gasteiger charge is 2.26. The second-order valence-electron chi connectivity index (χ2n) is 8.54. The molecule has 9 nitrogen and oxygen atoms in total. The van der Waals surface area contributed by atoms with Gasteiger partial charge < -0.3 is 10.6 Å². The third-order valence-corrected chi connectivity index (χ3v) is 7.47. The molecule has 1 aliphatic rings. The summed E-state index contributed by atoms with van der Waals surface area (Å²) in [6.45, 7) is 5.20. The minimum absolute atomic E-state index is 0.0867. The molecule has 3 rings (SSSR count). The average Bonchev–Trinajstić information content (AvgIpc) is 3.18. The van der Waals surface area contributed by atoms with Crippen molar-refractivity contribution in [3.63, 3.8) is 0 Å². The molecule has 1 saturated carbocycles. The van der Waals surface area contributed by atoms with Gasteiger partial charge in [-0.1, -0.05) is 63.5 Å². The first-order chi connectivity index (χ1) is 14.6. The molecule has 1 aromatic carbocycles. The number of hydrogen-bond acceptors (Lipinski definition) is 7. The largest absolute Gasteiger partial charge is 0.349 e. The van der Waals surface area contributed by atoms with Crippen LogP contribution in [0.25, 0.3) is 0 Å². The lowest BCUT2D eigenvalue weighted by molar-refractivity contribution is -0.123. The van der Waals surface area contributed by atoms with Crippen molar-refractivity contribution in [1.29, 1.82) is 0 Å². The first-order valence-corrected chi connectivity index (χ1v) is 12.4. The standard InChI is InChI=1S/C20H27N5O4S2/c1-20(2,3)17(27)22-18-23-24-19(30-18)31(28,29)25-15-12-8-7-11-14(15)16(26)21-13-9-5-4-6-10-13/h7-8,11-13,25H,4-6,9-10H2,1-3H3,(H,21,26)(H,22,23,27). The maximum absolute atomic E-state index is 12.8. The van der Waals surface area contributed by atoms with Crippen LogP contribution in [0.3, 0.4) is 0 Å². The van der Waals surface area contributed by atoms with Crippen LogP contribution < -0.4 is 15.4 Å². The zero-order valence-electron chi connectivity index (χ0n) is 17.8. The number of sulfonamides is 1. The van der Waals surface area contributed by atoms with Crippen LogP contribution in [0.5, 0.6) is 0 Å². The number of carbonyl (C=O) groups is 2. The zero-order chi connectivity index (χ0) is 22.6. The second kappa shape index (κ2) is 9.31. The maximum atomic E-state index is 12.8. The van der Waals surface area contributed by atoms with Gasteiger partial charge in [-0.15, -0.1) is 10.2 Å². The number of amides is 2. The van der Waals surface area contributed by atoms with Gasteiger partial charge in [0.05, 0.1) is 11.3 Å². The van der Waals surface area contributed by atoms with Gasteiger partial charge in [-0.3, -0.25) is 14.3 Å². The summed E-state index contributed by atoms with van der Waals surface area (Å²) in [7, 11) is -4.09. The monoisotopic (exact) mass is 465 g/mol. The predicted octanol–water partition coefficient (Wildman–Crippen LogP) is 3.39. The van der Waals surface area contributed by atoms with Gasteiger partial charge in [-0.25, -0.2) is 0 Å². The Bertz CT molecular complexity index is 1050. The van der Waals surface area contributed by atoms with Gasteiger partial charge in [0.1, 0.15) is 0 Å². The fraction of sp³-hybridized carbons (Fsp3) is 0.500. The third-order valence-electron chi connectivity index (χ3n) is 4.89. The minimum atomic E-state index is -4.09. The molecule has 0 aliphatic heterocycles. The number of rotatable bonds is 6. The molecular formula is C20H27N5O4S2. The van der Waals surface area contributed by atoms with Crippen LogP contribution in [0.2, 0.25) is 0 Å². The number of para-hydroxylation sites is 1. The van der Waals surface area contributed by atoms with E-state index in [1.54, 1.807) is 39.0 Å². The van der Waals surface area contributed by atoms with E-state index in [0.717, 1.165) is 37.0 Å². The molecule has 11 heteroatoms. The van der Waals surface area contributed by atoms with Crippen LogP contribution >= 0.6 is 11.3 Å². The van der Waals surface area contributed by atoms with Crippen LogP contribution in [-0.2, 0) is 14.8 Å². The normalized spacial score (nSPS) is 15.3. The molecule has 1 aromatic heterocycles. The summed E-state index contributed by atoms with van der Waals surface area (Å²) in [5.41, 5.74) is -0.262. The van der Waals surface area contributed by atoms with Crippen molar-refractivity contribution in [3.8, 4) is 0 Å². The fourth-order valence-electron chi connectivity index (χ4n) is 3.12. The number of benzene rings is 1. The van der Waals surface area contributed by atoms with Gasteiger partial charge in [0.2, 0.25) is 11.0 Å². The molecule has 1 fully saturated rings. The van der Waals surface area contributed by atoms with Gasteiger partial charge in [-0.2, -0.15) is 8.42 Å². The number of hydrogen-bond donors (Lipinski definition) is 3. The Kier molecular flexibility index (Phi) is 6.95. The average molecular weight is 466 g/mol. The number of nitrogens with zero attached hydrogens (tertiary/aromatic N) is 2. The van der Waals surface area contributed by atoms with Crippen molar-refractivity contribution in [2.45, 2.75) is 63.3 Å². The van der Waals surface area contributed by atoms with Crippen LogP contribution in [0, 0.1) is 5.41 Å². The number of aromatic nitrogens is 2. The molecule has 168 valence electrons. The van der Waals surface area contributed by atoms with Gasteiger partial charge in [0, 0.05) is 11.5 Å². The summed E-state index contributed by atoms with van der Waals surface area (Å²) in [5.74, 6) is -0.620. The summed E-state index contributed by atoms with van der Waals surface area (Å²) in [4.78, 5) is 24.8. The van der Waals surface area contributed by atoms with Crippen molar-refractivity contribution < 1.29 is 18.0 Å². The molecule has 0 radical (unpaired) electrons. The van der Waals surface area contributed by atoms with Crippen molar-refractivity contribution in [2.24, 2.45) is 5.41 Å². The Labute approximate surface area is 186 Å². The van der Waals surface area contributed by atoms with E-state index in [-0.39, 0.29) is 38.6 Å². The van der Waals surface area contributed by atoms with Crippen LogP contribution in [0.4, 0.5) is 10.8 Å². The smallest absolute Gasteiger partial charge is 0.291 e. The quantitative estimate of drug-likeness (QED) is 0.561. The van der Waals surface area contributed by atoms with E-state index in [0.29, 0.717) is 0 Å². The van der Waals surface area contributed by atoms with Crippen molar-refractivity contribution >= 4 is 44.0 Å². The summed E-state index contributed by atoms with van der Waals surface area (Å²) < 4.78 is 27.7. The molecule has 2 amide bonds. The lowest BCUT2D eigenvalue weighted by Crippen LogP contribution is -2.36. The lowest BCUT2D eigenvalue weighted by atomic mass is 9.95. The molecule has 2 aromatic rings. The molecule has 0 atom stereocenters. The van der Waals surface area contributed by atoms with Crippen molar-refractivity contribution in [2.75, 3.05) is 10.0 Å². The van der Waals surface area contributed by atoms with E-state index in [2.05, 4.69) is 25.6 Å². The first kappa shape index (κ1) is 23.1. The minimum Gasteiger partial charge on any atom is -0.349 e. The maximum Gasteiger partial charge on any atom is 0.291 e. The fourth-order valence-corrected chi connectivity index (χ4v) is 5.10. The van der Waals surface area contributed by atoms with E-state index in [4.69, 9.17) is 0 Å². The number of anilines is 2. The first-order valence-electron chi connectivity index (χ1n) is 10.1. The van der Waals surface area contributed by atoms with Crippen LogP contribution in [0.15, 0.2) is 28.6 Å². The van der Waals surface area contributed by atoms with E-state index in [1.807, 2.05) is 0 Å². The molecule has 1 heterocycles. The summed E-state index contributed by atoms with van der Waals surface area (Å²) in [5, 5.41) is 13.1. The molecule has 1 aliphatic carbocycles. The highest BCUT2D eigenvalue weighted by Crippen LogP contribution is 2.26. The molecule has 31 heavy (non-hydrogen) atoms. The van der Waals surface area contributed by atoms with Crippen LogP contribution in [0.1, 0.15) is 63.2 Å². The van der Waals surface area contributed by atoms with Crippen molar-refractivity contribution in [3.05, 3.63) is 29.8 Å². The second-order valence-corrected chi connectivity index (χ2v) is 11.4. The Morgan fingerprint density at radius 2 is 1.74 bits per heavy atom. The summed E-state index contributed by atoms with van der Waals surface area (Å²) in [6.07, 6.45) is 5.17. The molecular weight excluding hydrogens is 438 g/mol. The van der Waals surface area contributed by atoms with Crippen molar-refractivity contribution in [1.82, 2.24) is 15.5 Å². The Morgan fingerprint density at radius 1 is 1.06 bits per heavy atom. The summed E-state index contributed by atoms with van der Waals surface area (Å²) >= 11 is 0.741. The van der Waals surface area contributed by atoms with Gasteiger partial charge in [-0.05, 0) is 25.0 Å². The Hall–Kier alpha value is -2.53. The molecule has 0 saturated heterocycles. The Morgan fingerprint density at radius 3 is 2.42 bits per heavy atom. The van der Waals surface area contributed by atoms with E-state index in [9.17, 15) is 18.0 Å². The van der Waals surface area contributed by atoms with Crippen LogP contribution in [-0.4, -0.2) is 36.5 Å². The SMILES string of the molecule is CC(C)(C)C(=O)Nc1nnc(S(=O)(=O)Nc2ccccc2C(=O)NC2CCCCC2)s1. The highest BCUT2D eigenvalue weighted by atomic mass is 32.2. The van der Waals surface area contributed by atoms with E-state index in [1.165, 1.54) is 12.5 Å². The highest BCUT2D eigenvalue weighted by molar-refractivity contribution is 7.94. The predicted molar refractivity (Wildman–Crippen MR) is 120 cm³/mol. The third kappa shape index (κ3) is 6.01. The molecule has 0 spiro atoms. The number of carbonyl (C=O) groups excluding carboxylic acids is 2. The van der Waals surface area contributed by atoms with Gasteiger partial charge in [0.15, 0.2) is 0 Å². The molecule has 0 bridgehead atoms. The van der Waals surface area contributed by atoms with E-state index >= 15 is 0 Å². The van der Waals surface area contributed by atoms with Gasteiger partial charge in [0.25, 0.3) is 20.3 Å². The lowest BCUT2D eigenvalue weighted by Gasteiger charge is -2.23. The zero-order valence-corrected chi connectivity index (χ0v) is 19.4. The van der Waals surface area contributed by atoms with E-state index < -0.39 is 15.4 Å². The number of nitrogens with one attached hydrogen (secondary N) is 3. The topological polar surface area (TPSA) is 130 Å². The Balaban J connectivity index is 1.75. The molecule has 3 N–H and O–H groups in total. The van der Waals surface area contributed by atoms with Gasteiger partial charge >= 0.3 is 0 Å². The summed E-state index contributed by atoms with van der Waals surface area (Å²) in [6, 6.07) is 6.52. The molecule has 0 unspecified atom stereocenters.